The zero-order chi connectivity index (χ0) is 17.1. The maximum atomic E-state index is 13.2. The smallest absolute Gasteiger partial charge is 0.237 e. The second kappa shape index (κ2) is 7.37. The summed E-state index contributed by atoms with van der Waals surface area (Å²) in [6.07, 6.45) is 0. The lowest BCUT2D eigenvalue weighted by molar-refractivity contribution is -0.115. The molecule has 5 heteroatoms. The van der Waals surface area contributed by atoms with E-state index < -0.39 is 5.82 Å². The molecule has 1 N–H and O–H groups in total. The van der Waals surface area contributed by atoms with Crippen LogP contribution in [0, 0.1) is 26.6 Å². The van der Waals surface area contributed by atoms with Gasteiger partial charge in [0, 0.05) is 10.6 Å². The van der Waals surface area contributed by atoms with Gasteiger partial charge in [-0.15, -0.1) is 11.8 Å². The number of amides is 1. The Morgan fingerprint density at radius 3 is 2.35 bits per heavy atom. The number of nitrogens with one attached hydrogen (secondary N) is 1. The number of hydrogen-bond acceptors (Lipinski definition) is 2. The van der Waals surface area contributed by atoms with E-state index in [1.807, 2.05) is 39.8 Å². The van der Waals surface area contributed by atoms with Gasteiger partial charge in [-0.1, -0.05) is 29.3 Å². The van der Waals surface area contributed by atoms with E-state index >= 15 is 0 Å². The summed E-state index contributed by atoms with van der Waals surface area (Å²) >= 11 is 7.12. The Bertz CT molecular complexity index is 725. The number of anilines is 1. The van der Waals surface area contributed by atoms with Gasteiger partial charge < -0.3 is 5.32 Å². The van der Waals surface area contributed by atoms with Gasteiger partial charge in [0.15, 0.2) is 0 Å². The molecule has 0 aliphatic carbocycles. The lowest BCUT2D eigenvalue weighted by Gasteiger charge is -2.16. The number of halogens is 2. The SMILES string of the molecule is Cc1cc(C)c(NC(=O)C(C)Sc2ccc(F)c(Cl)c2)c(C)c1. The highest BCUT2D eigenvalue weighted by Gasteiger charge is 2.17. The molecule has 2 nitrogen and oxygen atoms in total. The van der Waals surface area contributed by atoms with Crippen molar-refractivity contribution in [2.75, 3.05) is 5.32 Å². The van der Waals surface area contributed by atoms with Crippen LogP contribution < -0.4 is 5.32 Å². The second-order valence-corrected chi connectivity index (χ2v) is 7.42. The number of carbonyl (C=O) groups is 1. The van der Waals surface area contributed by atoms with Gasteiger partial charge in [-0.25, -0.2) is 4.39 Å². The van der Waals surface area contributed by atoms with Crippen molar-refractivity contribution < 1.29 is 9.18 Å². The summed E-state index contributed by atoms with van der Waals surface area (Å²) in [5.41, 5.74) is 4.10. The van der Waals surface area contributed by atoms with E-state index in [0.717, 1.165) is 21.7 Å². The third-order valence-corrected chi connectivity index (χ3v) is 4.88. The lowest BCUT2D eigenvalue weighted by Crippen LogP contribution is -2.23. The van der Waals surface area contributed by atoms with Gasteiger partial charge >= 0.3 is 0 Å². The molecule has 0 aromatic heterocycles. The topological polar surface area (TPSA) is 29.1 Å². The van der Waals surface area contributed by atoms with Crippen molar-refractivity contribution in [3.05, 3.63) is 57.9 Å². The van der Waals surface area contributed by atoms with Crippen molar-refractivity contribution >= 4 is 35.0 Å². The van der Waals surface area contributed by atoms with E-state index in [4.69, 9.17) is 11.6 Å². The van der Waals surface area contributed by atoms with Crippen LogP contribution in [-0.4, -0.2) is 11.2 Å². The first-order valence-electron chi connectivity index (χ1n) is 7.28. The van der Waals surface area contributed by atoms with E-state index in [0.29, 0.717) is 0 Å². The molecule has 0 saturated heterocycles. The minimum absolute atomic E-state index is 0.0628. The van der Waals surface area contributed by atoms with Crippen LogP contribution in [0.25, 0.3) is 0 Å². The Hall–Kier alpha value is -1.52. The molecule has 2 rings (SSSR count). The summed E-state index contributed by atoms with van der Waals surface area (Å²) in [4.78, 5) is 13.2. The molecule has 0 radical (unpaired) electrons. The first-order chi connectivity index (χ1) is 10.8. The van der Waals surface area contributed by atoms with Crippen LogP contribution in [0.1, 0.15) is 23.6 Å². The monoisotopic (exact) mass is 351 g/mol. The van der Waals surface area contributed by atoms with Crippen LogP contribution in [0.5, 0.6) is 0 Å². The molecule has 1 atom stereocenters. The molecule has 2 aromatic rings. The Labute approximate surface area is 145 Å². The van der Waals surface area contributed by atoms with E-state index in [1.54, 1.807) is 6.07 Å². The standard InChI is InChI=1S/C18H19ClFNOS/c1-10-7-11(2)17(12(3)8-10)21-18(22)13(4)23-14-5-6-16(20)15(19)9-14/h5-9,13H,1-4H3,(H,21,22). The van der Waals surface area contributed by atoms with Gasteiger partial charge in [0.25, 0.3) is 0 Å². The van der Waals surface area contributed by atoms with Crippen molar-refractivity contribution in [3.63, 3.8) is 0 Å². The van der Waals surface area contributed by atoms with Gasteiger partial charge in [-0.05, 0) is 57.0 Å². The molecular weight excluding hydrogens is 333 g/mol. The molecule has 23 heavy (non-hydrogen) atoms. The zero-order valence-electron chi connectivity index (χ0n) is 13.5. The van der Waals surface area contributed by atoms with Crippen LogP contribution in [-0.2, 0) is 4.79 Å². The molecule has 0 fully saturated rings. The average molecular weight is 352 g/mol. The van der Waals surface area contributed by atoms with Crippen molar-refractivity contribution in [3.8, 4) is 0 Å². The minimum Gasteiger partial charge on any atom is -0.325 e. The largest absolute Gasteiger partial charge is 0.325 e. The van der Waals surface area contributed by atoms with Crippen LogP contribution in [0.4, 0.5) is 10.1 Å². The lowest BCUT2D eigenvalue weighted by atomic mass is 10.1. The van der Waals surface area contributed by atoms with E-state index in [1.165, 1.54) is 29.5 Å². The normalized spacial score (nSPS) is 12.1. The summed E-state index contributed by atoms with van der Waals surface area (Å²) in [6, 6.07) is 8.55. The van der Waals surface area contributed by atoms with Gasteiger partial charge in [0.2, 0.25) is 5.91 Å². The molecular formula is C18H19ClFNOS. The van der Waals surface area contributed by atoms with Gasteiger partial charge in [0.1, 0.15) is 5.82 Å². The van der Waals surface area contributed by atoms with Crippen LogP contribution in [0.3, 0.4) is 0 Å². The van der Waals surface area contributed by atoms with E-state index in [2.05, 4.69) is 5.32 Å². The maximum Gasteiger partial charge on any atom is 0.237 e. The predicted molar refractivity (Wildman–Crippen MR) is 96.0 cm³/mol. The summed E-state index contributed by atoms with van der Waals surface area (Å²) in [5, 5.41) is 2.73. The highest BCUT2D eigenvalue weighted by atomic mass is 35.5. The number of aryl methyl sites for hydroxylation is 3. The van der Waals surface area contributed by atoms with Crippen molar-refractivity contribution in [1.82, 2.24) is 0 Å². The molecule has 0 heterocycles. The first kappa shape index (κ1) is 17.8. The Morgan fingerprint density at radius 1 is 1.17 bits per heavy atom. The van der Waals surface area contributed by atoms with E-state index in [9.17, 15) is 9.18 Å². The third-order valence-electron chi connectivity index (χ3n) is 3.50. The Morgan fingerprint density at radius 2 is 1.78 bits per heavy atom. The minimum atomic E-state index is -0.459. The molecule has 0 spiro atoms. The number of hydrogen-bond donors (Lipinski definition) is 1. The molecule has 0 saturated carbocycles. The maximum absolute atomic E-state index is 13.2. The molecule has 1 amide bonds. The number of rotatable bonds is 4. The summed E-state index contributed by atoms with van der Waals surface area (Å²) in [5.74, 6) is -0.551. The quantitative estimate of drug-likeness (QED) is 0.734. The number of thioether (sulfide) groups is 1. The van der Waals surface area contributed by atoms with Gasteiger partial charge in [0.05, 0.1) is 10.3 Å². The fraction of sp³-hybridized carbons (Fsp3) is 0.278. The van der Waals surface area contributed by atoms with E-state index in [-0.39, 0.29) is 16.2 Å². The van der Waals surface area contributed by atoms with Crippen LogP contribution >= 0.6 is 23.4 Å². The first-order valence-corrected chi connectivity index (χ1v) is 8.54. The molecule has 0 aliphatic rings. The fourth-order valence-corrected chi connectivity index (χ4v) is 3.56. The predicted octanol–water partition coefficient (Wildman–Crippen LogP) is 5.52. The van der Waals surface area contributed by atoms with Crippen LogP contribution in [0.15, 0.2) is 35.2 Å². The zero-order valence-corrected chi connectivity index (χ0v) is 15.1. The molecule has 1 unspecified atom stereocenters. The average Bonchev–Trinajstić information content (AvgIpc) is 2.46. The molecule has 122 valence electrons. The Balaban J connectivity index is 2.10. The van der Waals surface area contributed by atoms with Gasteiger partial charge in [-0.3, -0.25) is 4.79 Å². The molecule has 2 aromatic carbocycles. The molecule has 0 aliphatic heterocycles. The highest BCUT2D eigenvalue weighted by Crippen LogP contribution is 2.29. The van der Waals surface area contributed by atoms with Crippen molar-refractivity contribution in [2.24, 2.45) is 0 Å². The summed E-state index contributed by atoms with van der Waals surface area (Å²) in [7, 11) is 0. The summed E-state index contributed by atoms with van der Waals surface area (Å²) in [6.45, 7) is 7.80. The van der Waals surface area contributed by atoms with Crippen LogP contribution in [0.2, 0.25) is 5.02 Å². The summed E-state index contributed by atoms with van der Waals surface area (Å²) < 4.78 is 13.2. The second-order valence-electron chi connectivity index (χ2n) is 5.60. The third kappa shape index (κ3) is 4.49. The number of benzene rings is 2. The molecule has 0 bridgehead atoms. The highest BCUT2D eigenvalue weighted by molar-refractivity contribution is 8.00. The Kier molecular flexibility index (Phi) is 5.71. The fourth-order valence-electron chi connectivity index (χ4n) is 2.41. The number of carbonyl (C=O) groups excluding carboxylic acids is 1. The van der Waals surface area contributed by atoms with Crippen molar-refractivity contribution in [2.45, 2.75) is 37.8 Å². The van der Waals surface area contributed by atoms with Gasteiger partial charge in [-0.2, -0.15) is 0 Å². The van der Waals surface area contributed by atoms with Crippen molar-refractivity contribution in [1.29, 1.82) is 0 Å².